The number of aliphatic carboxylic acids is 3. The van der Waals surface area contributed by atoms with Gasteiger partial charge in [-0.15, -0.1) is 0 Å². The number of rotatable bonds is 5. The van der Waals surface area contributed by atoms with E-state index >= 15 is 0 Å². The highest BCUT2D eigenvalue weighted by Crippen LogP contribution is 2.19. The lowest BCUT2D eigenvalue weighted by atomic mass is 9.96. The number of anilines is 1. The summed E-state index contributed by atoms with van der Waals surface area (Å²) in [6.07, 6.45) is -2.29. The van der Waals surface area contributed by atoms with E-state index in [-0.39, 0.29) is 5.48 Å². The van der Waals surface area contributed by atoms with Crippen molar-refractivity contribution in [3.63, 3.8) is 0 Å². The maximum Gasteiger partial charge on any atom is 0.336 e. The van der Waals surface area contributed by atoms with Gasteiger partial charge in [-0.3, -0.25) is 9.59 Å². The molecule has 2 rings (SSSR count). The van der Waals surface area contributed by atoms with Gasteiger partial charge in [0.15, 0.2) is 5.60 Å². The molecule has 0 aliphatic rings. The maximum atomic E-state index is 10.3. The van der Waals surface area contributed by atoms with Gasteiger partial charge in [0.2, 0.25) is 0 Å². The Hall–Kier alpha value is -3.17. The molecule has 0 unspecified atom stereocenters. The van der Waals surface area contributed by atoms with E-state index in [9.17, 15) is 14.4 Å². The van der Waals surface area contributed by atoms with Crippen LogP contribution in [0.1, 0.15) is 12.8 Å². The molecule has 0 aliphatic carbocycles. The summed E-state index contributed by atoms with van der Waals surface area (Å²) in [5.41, 5.74) is 3.87. The number of nitrogens with two attached hydrogens (primary N) is 1. The van der Waals surface area contributed by atoms with Gasteiger partial charge >= 0.3 is 17.9 Å². The number of nitrogen functional groups attached to an aromatic ring is 1. The quantitative estimate of drug-likeness (QED) is 0.475. The van der Waals surface area contributed by atoms with Gasteiger partial charge in [-0.2, -0.15) is 0 Å². The van der Waals surface area contributed by atoms with E-state index in [1.165, 1.54) is 5.39 Å². The second-order valence-corrected chi connectivity index (χ2v) is 5.05. The molecule has 25 heavy (non-hydrogen) atoms. The summed E-state index contributed by atoms with van der Waals surface area (Å²) >= 11 is 0. The number of aliphatic hydroxyl groups is 1. The molecule has 0 aromatic heterocycles. The lowest BCUT2D eigenvalue weighted by Gasteiger charge is -2.18. The van der Waals surface area contributed by atoms with Crippen LogP contribution in [0, 0.1) is 0 Å². The fourth-order valence-corrected chi connectivity index (χ4v) is 1.96. The summed E-state index contributed by atoms with van der Waals surface area (Å²) in [6, 6.07) is 14.1. The Kier molecular flexibility index (Phi) is 8.04. The molecule has 0 spiro atoms. The van der Waals surface area contributed by atoms with Crippen LogP contribution in [0.5, 0.6) is 0 Å². The van der Waals surface area contributed by atoms with Crippen LogP contribution in [0.25, 0.3) is 10.8 Å². The zero-order valence-corrected chi connectivity index (χ0v) is 13.0. The highest BCUT2D eigenvalue weighted by Gasteiger charge is 2.40. The first-order valence-corrected chi connectivity index (χ1v) is 6.78. The number of hydrogen-bond acceptors (Lipinski definition) is 5. The van der Waals surface area contributed by atoms with Crippen LogP contribution < -0.4 is 5.73 Å². The Bertz CT molecular complexity index is 737. The third kappa shape index (κ3) is 6.45. The maximum absolute atomic E-state index is 10.3. The minimum atomic E-state index is -2.74. The molecule has 2 aromatic rings. The van der Waals surface area contributed by atoms with E-state index in [1.807, 2.05) is 30.3 Å². The Morgan fingerprint density at radius 3 is 1.80 bits per heavy atom. The molecule has 0 atom stereocenters. The molecule has 2 aromatic carbocycles. The van der Waals surface area contributed by atoms with Crippen molar-refractivity contribution in [2.45, 2.75) is 18.4 Å². The fraction of sp³-hybridized carbons (Fsp3) is 0.188. The van der Waals surface area contributed by atoms with Gasteiger partial charge in [0.25, 0.3) is 0 Å². The molecule has 0 aliphatic heterocycles. The van der Waals surface area contributed by atoms with E-state index in [4.69, 9.17) is 26.2 Å². The topological polar surface area (TPSA) is 190 Å². The molecule has 0 fully saturated rings. The van der Waals surface area contributed by atoms with Gasteiger partial charge in [-0.05, 0) is 11.5 Å². The van der Waals surface area contributed by atoms with Crippen LogP contribution in [0.3, 0.4) is 0 Å². The summed E-state index contributed by atoms with van der Waals surface area (Å²) in [5, 5.41) is 36.1. The van der Waals surface area contributed by atoms with Crippen molar-refractivity contribution in [3.8, 4) is 0 Å². The van der Waals surface area contributed by atoms with Crippen LogP contribution >= 0.6 is 0 Å². The van der Waals surface area contributed by atoms with E-state index in [2.05, 4.69) is 12.1 Å². The average molecular weight is 353 g/mol. The fourth-order valence-electron chi connectivity index (χ4n) is 1.96. The third-order valence-electron chi connectivity index (χ3n) is 3.11. The Labute approximate surface area is 142 Å². The van der Waals surface area contributed by atoms with Gasteiger partial charge in [-0.25, -0.2) is 4.79 Å². The average Bonchev–Trinajstić information content (AvgIpc) is 2.46. The lowest BCUT2D eigenvalue weighted by molar-refractivity contribution is -0.170. The summed E-state index contributed by atoms with van der Waals surface area (Å²) in [4.78, 5) is 30.5. The molecule has 8 N–H and O–H groups in total. The van der Waals surface area contributed by atoms with Gasteiger partial charge in [0, 0.05) is 11.1 Å². The second kappa shape index (κ2) is 9.21. The van der Waals surface area contributed by atoms with Gasteiger partial charge in [0.1, 0.15) is 0 Å². The Morgan fingerprint density at radius 2 is 1.36 bits per heavy atom. The van der Waals surface area contributed by atoms with Crippen molar-refractivity contribution in [1.29, 1.82) is 0 Å². The summed E-state index contributed by atoms with van der Waals surface area (Å²) < 4.78 is 0. The van der Waals surface area contributed by atoms with Crippen molar-refractivity contribution in [2.75, 3.05) is 5.73 Å². The minimum absolute atomic E-state index is 0. The highest BCUT2D eigenvalue weighted by atomic mass is 16.4. The first kappa shape index (κ1) is 21.8. The first-order chi connectivity index (χ1) is 11.2. The molecule has 9 nitrogen and oxygen atoms in total. The van der Waals surface area contributed by atoms with Crippen molar-refractivity contribution >= 4 is 34.4 Å². The molecule has 0 bridgehead atoms. The zero-order chi connectivity index (χ0) is 18.3. The van der Waals surface area contributed by atoms with Crippen molar-refractivity contribution in [3.05, 3.63) is 42.5 Å². The van der Waals surface area contributed by atoms with Crippen LogP contribution in [-0.4, -0.2) is 49.4 Å². The zero-order valence-electron chi connectivity index (χ0n) is 13.0. The second-order valence-electron chi connectivity index (χ2n) is 5.05. The minimum Gasteiger partial charge on any atom is -0.481 e. The van der Waals surface area contributed by atoms with Gasteiger partial charge in [0.05, 0.1) is 12.8 Å². The van der Waals surface area contributed by atoms with Crippen LogP contribution in [0.15, 0.2) is 42.5 Å². The molecule has 136 valence electrons. The van der Waals surface area contributed by atoms with Crippen LogP contribution in [-0.2, 0) is 14.4 Å². The van der Waals surface area contributed by atoms with Crippen LogP contribution in [0.2, 0.25) is 0 Å². The Balaban J connectivity index is 0.000000446. The molecular weight excluding hydrogens is 334 g/mol. The van der Waals surface area contributed by atoms with E-state index in [0.29, 0.717) is 0 Å². The number of carboxylic acids is 3. The van der Waals surface area contributed by atoms with Gasteiger partial charge < -0.3 is 31.6 Å². The highest BCUT2D eigenvalue weighted by molar-refractivity contribution is 5.92. The SMILES string of the molecule is Nc1cccc2ccccc12.O.O=C(O)CC(O)(CC(=O)O)C(=O)O. The molecular formula is C16H19NO8. The number of carboxylic acid groups (broad SMARTS) is 3. The number of hydrogen-bond donors (Lipinski definition) is 5. The molecule has 0 radical (unpaired) electrons. The summed E-state index contributed by atoms with van der Waals surface area (Å²) in [7, 11) is 0. The largest absolute Gasteiger partial charge is 0.481 e. The molecule has 0 amide bonds. The predicted octanol–water partition coefficient (Wildman–Crippen LogP) is 0.349. The number of fused-ring (bicyclic) bond motifs is 1. The number of carbonyl (C=O) groups is 3. The van der Waals surface area contributed by atoms with Crippen molar-refractivity contribution in [1.82, 2.24) is 0 Å². The molecule has 0 saturated carbocycles. The molecule has 0 heterocycles. The van der Waals surface area contributed by atoms with E-state index < -0.39 is 36.4 Å². The monoisotopic (exact) mass is 353 g/mol. The summed E-state index contributed by atoms with van der Waals surface area (Å²) in [5.74, 6) is -5.02. The molecule has 9 heteroatoms. The van der Waals surface area contributed by atoms with Gasteiger partial charge in [-0.1, -0.05) is 36.4 Å². The Morgan fingerprint density at radius 1 is 0.880 bits per heavy atom. The van der Waals surface area contributed by atoms with Crippen molar-refractivity contribution in [2.24, 2.45) is 0 Å². The van der Waals surface area contributed by atoms with Crippen molar-refractivity contribution < 1.29 is 40.3 Å². The molecule has 0 saturated heterocycles. The third-order valence-corrected chi connectivity index (χ3v) is 3.11. The summed E-state index contributed by atoms with van der Waals surface area (Å²) in [6.45, 7) is 0. The normalized spacial score (nSPS) is 10.1. The predicted molar refractivity (Wildman–Crippen MR) is 89.1 cm³/mol. The lowest BCUT2D eigenvalue weighted by Crippen LogP contribution is -2.42. The van der Waals surface area contributed by atoms with Crippen LogP contribution in [0.4, 0.5) is 5.69 Å². The van der Waals surface area contributed by atoms with E-state index in [0.717, 1.165) is 11.1 Å². The smallest absolute Gasteiger partial charge is 0.336 e. The number of benzene rings is 2. The standard InChI is InChI=1S/C10H9N.C6H8O7.H2O/c11-10-7-3-5-8-4-1-2-6-9(8)10;7-3(8)1-6(13,5(11)12)2-4(9)10;/h1-7H,11H2;13H,1-2H2,(H,7,8)(H,9,10)(H,11,12);1H2. The first-order valence-electron chi connectivity index (χ1n) is 6.78. The van der Waals surface area contributed by atoms with E-state index in [1.54, 1.807) is 0 Å².